The van der Waals surface area contributed by atoms with Crippen LogP contribution < -0.4 is 5.73 Å². The Morgan fingerprint density at radius 1 is 1.18 bits per heavy atom. The summed E-state index contributed by atoms with van der Waals surface area (Å²) in [5, 5.41) is 0. The van der Waals surface area contributed by atoms with Crippen molar-refractivity contribution in [3.05, 3.63) is 36.2 Å². The largest absolute Gasteiger partial charge is 0.383 e. The third kappa shape index (κ3) is 1.52. The van der Waals surface area contributed by atoms with Crippen LogP contribution in [0.15, 0.2) is 30.6 Å². The van der Waals surface area contributed by atoms with E-state index < -0.39 is 0 Å². The lowest BCUT2D eigenvalue weighted by Crippen LogP contribution is -1.93. The van der Waals surface area contributed by atoms with Gasteiger partial charge in [-0.05, 0) is 30.7 Å². The predicted molar refractivity (Wildman–Crippen MR) is 66.3 cm³/mol. The second kappa shape index (κ2) is 3.55. The van der Waals surface area contributed by atoms with E-state index in [1.165, 1.54) is 0 Å². The highest BCUT2D eigenvalue weighted by Gasteiger charge is 2.10. The van der Waals surface area contributed by atoms with Crippen LogP contribution in [-0.2, 0) is 0 Å². The Morgan fingerprint density at radius 3 is 2.82 bits per heavy atom. The van der Waals surface area contributed by atoms with E-state index in [9.17, 15) is 0 Å². The van der Waals surface area contributed by atoms with Gasteiger partial charge in [-0.15, -0.1) is 0 Å². The normalized spacial score (nSPS) is 10.9. The summed E-state index contributed by atoms with van der Waals surface area (Å²) in [5.74, 6) is 1.16. The highest BCUT2D eigenvalue weighted by atomic mass is 15.0. The Labute approximate surface area is 97.7 Å². The number of pyridine rings is 2. The van der Waals surface area contributed by atoms with Gasteiger partial charge < -0.3 is 10.7 Å². The zero-order valence-electron chi connectivity index (χ0n) is 9.31. The second-order valence-electron chi connectivity index (χ2n) is 3.85. The maximum atomic E-state index is 5.82. The molecular weight excluding hydrogens is 214 g/mol. The van der Waals surface area contributed by atoms with E-state index in [1.54, 1.807) is 12.4 Å². The van der Waals surface area contributed by atoms with Gasteiger partial charge in [0.2, 0.25) is 0 Å². The summed E-state index contributed by atoms with van der Waals surface area (Å²) in [6, 6.07) is 5.66. The average molecular weight is 225 g/mol. The molecule has 3 rings (SSSR count). The van der Waals surface area contributed by atoms with Gasteiger partial charge in [-0.3, -0.25) is 0 Å². The molecule has 0 radical (unpaired) electrons. The van der Waals surface area contributed by atoms with Crippen LogP contribution in [-0.4, -0.2) is 19.9 Å². The van der Waals surface area contributed by atoms with Crippen LogP contribution >= 0.6 is 0 Å². The molecular formula is C12H11N5. The van der Waals surface area contributed by atoms with Crippen molar-refractivity contribution in [2.24, 2.45) is 0 Å². The Bertz CT molecular complexity index is 686. The fraction of sp³-hybridized carbons (Fsp3) is 0.0833. The molecule has 0 saturated heterocycles. The standard InChI is InChI=1S/C12H11N5/c1-7-4-6-15-12-9(7)16-11(17-12)8-3-2-5-14-10(8)13/h2-6H,1H3,(H2,13,14)(H,15,16,17). The number of H-pyrrole nitrogens is 1. The van der Waals surface area contributed by atoms with Gasteiger partial charge in [-0.2, -0.15) is 0 Å². The van der Waals surface area contributed by atoms with E-state index >= 15 is 0 Å². The van der Waals surface area contributed by atoms with Crippen molar-refractivity contribution >= 4 is 17.0 Å². The molecule has 0 aliphatic heterocycles. The molecule has 0 atom stereocenters. The van der Waals surface area contributed by atoms with Crippen molar-refractivity contribution in [2.75, 3.05) is 5.73 Å². The molecule has 5 heteroatoms. The van der Waals surface area contributed by atoms with E-state index in [1.807, 2.05) is 25.1 Å². The second-order valence-corrected chi connectivity index (χ2v) is 3.85. The predicted octanol–water partition coefficient (Wildman–Crippen LogP) is 1.91. The SMILES string of the molecule is Cc1ccnc2nc(-c3cccnc3N)[nH]c12. The van der Waals surface area contributed by atoms with Crippen molar-refractivity contribution in [2.45, 2.75) is 6.92 Å². The lowest BCUT2D eigenvalue weighted by Gasteiger charge is -1.99. The van der Waals surface area contributed by atoms with Crippen LogP contribution in [0.5, 0.6) is 0 Å². The highest BCUT2D eigenvalue weighted by molar-refractivity contribution is 5.80. The van der Waals surface area contributed by atoms with Gasteiger partial charge in [-0.25, -0.2) is 15.0 Å². The number of imidazole rings is 1. The van der Waals surface area contributed by atoms with Gasteiger partial charge >= 0.3 is 0 Å². The topological polar surface area (TPSA) is 80.5 Å². The van der Waals surface area contributed by atoms with Gasteiger partial charge in [0.15, 0.2) is 5.65 Å². The Hall–Kier alpha value is -2.43. The molecule has 0 aliphatic rings. The minimum atomic E-state index is 0.462. The summed E-state index contributed by atoms with van der Waals surface area (Å²) >= 11 is 0. The zero-order valence-corrected chi connectivity index (χ0v) is 9.31. The number of aryl methyl sites for hydroxylation is 1. The first kappa shape index (κ1) is 9.77. The first-order valence-electron chi connectivity index (χ1n) is 5.28. The summed E-state index contributed by atoms with van der Waals surface area (Å²) in [6.07, 6.45) is 3.40. The molecule has 0 amide bonds. The van der Waals surface area contributed by atoms with E-state index in [-0.39, 0.29) is 0 Å². The lowest BCUT2D eigenvalue weighted by atomic mass is 10.2. The molecule has 0 aromatic carbocycles. The number of nitrogens with one attached hydrogen (secondary N) is 1. The van der Waals surface area contributed by atoms with Crippen molar-refractivity contribution in [3.63, 3.8) is 0 Å². The maximum absolute atomic E-state index is 5.82. The number of nitrogens with zero attached hydrogens (tertiary/aromatic N) is 3. The monoisotopic (exact) mass is 225 g/mol. The van der Waals surface area contributed by atoms with Gasteiger partial charge in [0, 0.05) is 12.4 Å². The summed E-state index contributed by atoms with van der Waals surface area (Å²) in [5.41, 5.74) is 9.36. The van der Waals surface area contributed by atoms with Crippen molar-refractivity contribution < 1.29 is 0 Å². The zero-order chi connectivity index (χ0) is 11.8. The molecule has 3 aromatic heterocycles. The smallest absolute Gasteiger partial charge is 0.178 e. The van der Waals surface area contributed by atoms with Crippen LogP contribution in [0.3, 0.4) is 0 Å². The third-order valence-corrected chi connectivity index (χ3v) is 2.69. The number of anilines is 1. The van der Waals surface area contributed by atoms with E-state index in [0.29, 0.717) is 17.3 Å². The first-order chi connectivity index (χ1) is 8.25. The van der Waals surface area contributed by atoms with Crippen LogP contribution in [0.4, 0.5) is 5.82 Å². The van der Waals surface area contributed by atoms with Gasteiger partial charge in [0.25, 0.3) is 0 Å². The van der Waals surface area contributed by atoms with Crippen LogP contribution in [0.2, 0.25) is 0 Å². The molecule has 0 aliphatic carbocycles. The summed E-state index contributed by atoms with van der Waals surface area (Å²) in [7, 11) is 0. The van der Waals surface area contributed by atoms with Gasteiger partial charge in [0.05, 0.1) is 11.1 Å². The van der Waals surface area contributed by atoms with Crippen LogP contribution in [0, 0.1) is 6.92 Å². The fourth-order valence-electron chi connectivity index (χ4n) is 1.78. The molecule has 3 aromatic rings. The molecule has 3 N–H and O–H groups in total. The molecule has 5 nitrogen and oxygen atoms in total. The number of nitrogen functional groups attached to an aromatic ring is 1. The number of rotatable bonds is 1. The molecule has 0 fully saturated rings. The maximum Gasteiger partial charge on any atom is 0.178 e. The van der Waals surface area contributed by atoms with Crippen molar-refractivity contribution in [3.8, 4) is 11.4 Å². The molecule has 17 heavy (non-hydrogen) atoms. The van der Waals surface area contributed by atoms with Crippen LogP contribution in [0.25, 0.3) is 22.6 Å². The first-order valence-corrected chi connectivity index (χ1v) is 5.28. The molecule has 0 saturated carbocycles. The van der Waals surface area contributed by atoms with E-state index in [2.05, 4.69) is 19.9 Å². The lowest BCUT2D eigenvalue weighted by molar-refractivity contribution is 1.27. The van der Waals surface area contributed by atoms with Gasteiger partial charge in [-0.1, -0.05) is 0 Å². The number of aromatic amines is 1. The molecule has 0 unspecified atom stereocenters. The van der Waals surface area contributed by atoms with Gasteiger partial charge in [0.1, 0.15) is 11.6 Å². The van der Waals surface area contributed by atoms with E-state index in [4.69, 9.17) is 5.73 Å². The Balaban J connectivity index is 2.26. The summed E-state index contributed by atoms with van der Waals surface area (Å²) in [4.78, 5) is 15.9. The molecule has 0 spiro atoms. The number of fused-ring (bicyclic) bond motifs is 1. The molecule has 84 valence electrons. The molecule has 3 heterocycles. The molecule has 0 bridgehead atoms. The number of hydrogen-bond acceptors (Lipinski definition) is 4. The minimum Gasteiger partial charge on any atom is -0.383 e. The quantitative estimate of drug-likeness (QED) is 0.663. The average Bonchev–Trinajstić information content (AvgIpc) is 2.75. The minimum absolute atomic E-state index is 0.462. The fourth-order valence-corrected chi connectivity index (χ4v) is 1.78. The highest BCUT2D eigenvalue weighted by Crippen LogP contribution is 2.24. The van der Waals surface area contributed by atoms with Crippen molar-refractivity contribution in [1.29, 1.82) is 0 Å². The van der Waals surface area contributed by atoms with Crippen LogP contribution in [0.1, 0.15) is 5.56 Å². The summed E-state index contributed by atoms with van der Waals surface area (Å²) in [6.45, 7) is 2.01. The van der Waals surface area contributed by atoms with E-state index in [0.717, 1.165) is 16.6 Å². The van der Waals surface area contributed by atoms with Crippen molar-refractivity contribution in [1.82, 2.24) is 19.9 Å². The summed E-state index contributed by atoms with van der Waals surface area (Å²) < 4.78 is 0. The number of nitrogens with two attached hydrogens (primary N) is 1. The Kier molecular flexibility index (Phi) is 2.04. The third-order valence-electron chi connectivity index (χ3n) is 2.69. The number of hydrogen-bond donors (Lipinski definition) is 2. The Morgan fingerprint density at radius 2 is 2.06 bits per heavy atom. The number of aromatic nitrogens is 4.